The quantitative estimate of drug-likeness (QED) is 0.794. The number of aryl methyl sites for hydroxylation is 1. The van der Waals surface area contributed by atoms with Crippen molar-refractivity contribution in [1.82, 2.24) is 9.88 Å². The molecule has 0 unspecified atom stereocenters. The molecule has 0 aliphatic rings. The minimum Gasteiger partial charge on any atom is -0.373 e. The molecule has 1 rings (SSSR count). The Bertz CT molecular complexity index is 510. The number of amides is 1. The largest absolute Gasteiger partial charge is 0.373 e. The topological polar surface area (TPSA) is 92.8 Å². The van der Waals surface area contributed by atoms with Crippen LogP contribution in [0.2, 0.25) is 0 Å². The van der Waals surface area contributed by atoms with Crippen LogP contribution in [-0.2, 0) is 0 Å². The van der Waals surface area contributed by atoms with E-state index in [2.05, 4.69) is 10.3 Å². The lowest BCUT2D eigenvalue weighted by Crippen LogP contribution is -2.31. The van der Waals surface area contributed by atoms with Crippen molar-refractivity contribution in [3.05, 3.63) is 23.4 Å². The zero-order valence-corrected chi connectivity index (χ0v) is 10.3. The molecule has 1 aromatic heterocycles. The van der Waals surface area contributed by atoms with E-state index in [9.17, 15) is 4.79 Å². The van der Waals surface area contributed by atoms with E-state index in [1.54, 1.807) is 26.1 Å². The number of pyridine rings is 1. The van der Waals surface area contributed by atoms with Gasteiger partial charge in [0.25, 0.3) is 5.91 Å². The molecule has 0 saturated heterocycles. The van der Waals surface area contributed by atoms with Gasteiger partial charge >= 0.3 is 0 Å². The summed E-state index contributed by atoms with van der Waals surface area (Å²) in [5, 5.41) is 20.1. The highest BCUT2D eigenvalue weighted by atomic mass is 16.2. The summed E-state index contributed by atoms with van der Waals surface area (Å²) in [6.45, 7) is 1.56. The number of hydrogen-bond donors (Lipinski definition) is 1. The van der Waals surface area contributed by atoms with Crippen LogP contribution in [0.4, 0.5) is 5.82 Å². The maximum absolute atomic E-state index is 12.1. The fourth-order valence-electron chi connectivity index (χ4n) is 1.47. The van der Waals surface area contributed by atoms with Crippen molar-refractivity contribution in [2.24, 2.45) is 0 Å². The summed E-state index contributed by atoms with van der Waals surface area (Å²) in [5.74, 6) is 0.229. The van der Waals surface area contributed by atoms with Gasteiger partial charge in [0.1, 0.15) is 18.9 Å². The van der Waals surface area contributed by atoms with Gasteiger partial charge < -0.3 is 10.2 Å². The Labute approximate surface area is 105 Å². The normalized spacial score (nSPS) is 9.11. The predicted octanol–water partition coefficient (Wildman–Crippen LogP) is 0.921. The van der Waals surface area contributed by atoms with Gasteiger partial charge in [-0.2, -0.15) is 10.5 Å². The first-order chi connectivity index (χ1) is 8.62. The first-order valence-corrected chi connectivity index (χ1v) is 5.32. The van der Waals surface area contributed by atoms with E-state index >= 15 is 0 Å². The second-order valence-corrected chi connectivity index (χ2v) is 3.61. The molecule has 1 N–H and O–H groups in total. The summed E-state index contributed by atoms with van der Waals surface area (Å²) in [6, 6.07) is 6.96. The Morgan fingerprint density at radius 2 is 2.00 bits per heavy atom. The van der Waals surface area contributed by atoms with Crippen LogP contribution >= 0.6 is 0 Å². The molecular formula is C12H13N5O. The van der Waals surface area contributed by atoms with Crippen LogP contribution in [0.1, 0.15) is 16.1 Å². The van der Waals surface area contributed by atoms with Crippen LogP contribution < -0.4 is 5.32 Å². The molecule has 1 aromatic rings. The molecular weight excluding hydrogens is 230 g/mol. The van der Waals surface area contributed by atoms with Gasteiger partial charge in [-0.1, -0.05) is 0 Å². The highest BCUT2D eigenvalue weighted by Crippen LogP contribution is 2.12. The van der Waals surface area contributed by atoms with Crippen LogP contribution in [0.3, 0.4) is 0 Å². The Kier molecular flexibility index (Phi) is 4.65. The second kappa shape index (κ2) is 6.21. The summed E-state index contributed by atoms with van der Waals surface area (Å²) < 4.78 is 0. The number of anilines is 1. The first-order valence-electron chi connectivity index (χ1n) is 5.32. The molecule has 0 atom stereocenters. The number of aromatic nitrogens is 1. The monoisotopic (exact) mass is 243 g/mol. The third-order valence-electron chi connectivity index (χ3n) is 2.27. The van der Waals surface area contributed by atoms with Crippen molar-refractivity contribution in [3.63, 3.8) is 0 Å². The van der Waals surface area contributed by atoms with Gasteiger partial charge in [0, 0.05) is 18.3 Å². The van der Waals surface area contributed by atoms with Crippen molar-refractivity contribution in [2.45, 2.75) is 6.92 Å². The number of carbonyl (C=O) groups is 1. The molecule has 0 bridgehead atoms. The average Bonchev–Trinajstić information content (AvgIpc) is 2.36. The number of hydrogen-bond acceptors (Lipinski definition) is 5. The van der Waals surface area contributed by atoms with Crippen LogP contribution in [0, 0.1) is 29.6 Å². The standard InChI is InChI=1S/C12H13N5O/c1-9-7-10(8-11(15-2)16-9)12(18)17(5-3-13)6-4-14/h7-8H,5-6H2,1-2H3,(H,15,16). The third-order valence-corrected chi connectivity index (χ3v) is 2.27. The molecule has 0 aromatic carbocycles. The van der Waals surface area contributed by atoms with Crippen LogP contribution in [0.25, 0.3) is 0 Å². The minimum absolute atomic E-state index is 0.108. The van der Waals surface area contributed by atoms with E-state index in [0.29, 0.717) is 17.1 Å². The second-order valence-electron chi connectivity index (χ2n) is 3.61. The Morgan fingerprint density at radius 1 is 1.39 bits per heavy atom. The Morgan fingerprint density at radius 3 is 2.50 bits per heavy atom. The molecule has 1 heterocycles. The molecule has 0 spiro atoms. The fourth-order valence-corrected chi connectivity index (χ4v) is 1.47. The molecule has 92 valence electrons. The number of rotatable bonds is 4. The van der Waals surface area contributed by atoms with Crippen LogP contribution in [-0.4, -0.2) is 35.9 Å². The van der Waals surface area contributed by atoms with Gasteiger partial charge in [-0.05, 0) is 19.1 Å². The minimum atomic E-state index is -0.347. The van der Waals surface area contributed by atoms with Gasteiger partial charge in [0.15, 0.2) is 0 Å². The van der Waals surface area contributed by atoms with E-state index in [1.807, 2.05) is 12.1 Å². The molecule has 6 heteroatoms. The van der Waals surface area contributed by atoms with Crippen LogP contribution in [0.15, 0.2) is 12.1 Å². The zero-order chi connectivity index (χ0) is 13.5. The maximum atomic E-state index is 12.1. The van der Waals surface area contributed by atoms with Gasteiger partial charge in [-0.25, -0.2) is 4.98 Å². The molecule has 0 radical (unpaired) electrons. The van der Waals surface area contributed by atoms with Crippen molar-refractivity contribution in [2.75, 3.05) is 25.5 Å². The van der Waals surface area contributed by atoms with E-state index in [0.717, 1.165) is 0 Å². The summed E-state index contributed by atoms with van der Waals surface area (Å²) in [4.78, 5) is 17.5. The van der Waals surface area contributed by atoms with E-state index in [4.69, 9.17) is 10.5 Å². The Balaban J connectivity index is 3.05. The van der Waals surface area contributed by atoms with Crippen molar-refractivity contribution in [3.8, 4) is 12.1 Å². The number of carbonyl (C=O) groups excluding carboxylic acids is 1. The van der Waals surface area contributed by atoms with Crippen molar-refractivity contribution < 1.29 is 4.79 Å². The van der Waals surface area contributed by atoms with Gasteiger partial charge in [-0.3, -0.25) is 4.79 Å². The zero-order valence-electron chi connectivity index (χ0n) is 10.3. The maximum Gasteiger partial charge on any atom is 0.255 e. The Hall–Kier alpha value is -2.60. The van der Waals surface area contributed by atoms with Crippen molar-refractivity contribution >= 4 is 11.7 Å². The summed E-state index contributed by atoms with van der Waals surface area (Å²) in [5.41, 5.74) is 1.11. The summed E-state index contributed by atoms with van der Waals surface area (Å²) >= 11 is 0. The molecule has 18 heavy (non-hydrogen) atoms. The molecule has 6 nitrogen and oxygen atoms in total. The third kappa shape index (κ3) is 3.19. The average molecular weight is 243 g/mol. The highest BCUT2D eigenvalue weighted by molar-refractivity contribution is 5.95. The SMILES string of the molecule is CNc1cc(C(=O)N(CC#N)CC#N)cc(C)n1. The van der Waals surface area contributed by atoms with E-state index < -0.39 is 0 Å². The lowest BCUT2D eigenvalue weighted by atomic mass is 10.2. The first kappa shape index (κ1) is 13.5. The molecule has 1 amide bonds. The molecule has 0 aliphatic carbocycles. The lowest BCUT2D eigenvalue weighted by molar-refractivity contribution is 0.0794. The number of nitrogens with zero attached hydrogens (tertiary/aromatic N) is 4. The van der Waals surface area contributed by atoms with Gasteiger partial charge in [-0.15, -0.1) is 0 Å². The van der Waals surface area contributed by atoms with E-state index in [-0.39, 0.29) is 19.0 Å². The van der Waals surface area contributed by atoms with Gasteiger partial charge in [0.05, 0.1) is 12.1 Å². The number of nitriles is 2. The van der Waals surface area contributed by atoms with E-state index in [1.165, 1.54) is 4.90 Å². The van der Waals surface area contributed by atoms with Crippen LogP contribution in [0.5, 0.6) is 0 Å². The highest BCUT2D eigenvalue weighted by Gasteiger charge is 2.16. The lowest BCUT2D eigenvalue weighted by Gasteiger charge is -2.16. The summed E-state index contributed by atoms with van der Waals surface area (Å²) in [6.07, 6.45) is 0. The predicted molar refractivity (Wildman–Crippen MR) is 65.7 cm³/mol. The fraction of sp³-hybridized carbons (Fsp3) is 0.333. The molecule has 0 aliphatic heterocycles. The van der Waals surface area contributed by atoms with Crippen molar-refractivity contribution in [1.29, 1.82) is 10.5 Å². The number of nitrogens with one attached hydrogen (secondary N) is 1. The van der Waals surface area contributed by atoms with Gasteiger partial charge in [0.2, 0.25) is 0 Å². The molecule has 0 saturated carbocycles. The smallest absolute Gasteiger partial charge is 0.255 e. The molecule has 0 fully saturated rings. The summed E-state index contributed by atoms with van der Waals surface area (Å²) in [7, 11) is 1.71.